The van der Waals surface area contributed by atoms with Crippen molar-refractivity contribution >= 4 is 10.8 Å². The van der Waals surface area contributed by atoms with Crippen molar-refractivity contribution in [3.63, 3.8) is 0 Å². The third kappa shape index (κ3) is 2.05. The van der Waals surface area contributed by atoms with E-state index in [0.717, 1.165) is 10.8 Å². The fraction of sp³-hybridized carbons (Fsp3) is 0.231. The average Bonchev–Trinajstić information content (AvgIpc) is 2.21. The van der Waals surface area contributed by atoms with Gasteiger partial charge in [0.15, 0.2) is 0 Å². The van der Waals surface area contributed by atoms with Crippen LogP contribution >= 0.6 is 0 Å². The summed E-state index contributed by atoms with van der Waals surface area (Å²) >= 11 is 0. The van der Waals surface area contributed by atoms with E-state index < -0.39 is 0 Å². The number of benzene rings is 2. The molecule has 0 saturated heterocycles. The SMILES string of the molecule is CC.Cc1ccc2c(O)cccc2c1. The van der Waals surface area contributed by atoms with Crippen LogP contribution < -0.4 is 0 Å². The fourth-order valence-corrected chi connectivity index (χ4v) is 1.39. The number of hydrogen-bond acceptors (Lipinski definition) is 1. The molecule has 2 rings (SSSR count). The highest BCUT2D eigenvalue weighted by Crippen LogP contribution is 2.24. The summed E-state index contributed by atoms with van der Waals surface area (Å²) in [5.74, 6) is 0.354. The van der Waals surface area contributed by atoms with Crippen molar-refractivity contribution in [3.8, 4) is 5.75 Å². The summed E-state index contributed by atoms with van der Waals surface area (Å²) in [5, 5.41) is 11.5. The minimum atomic E-state index is 0.354. The first-order chi connectivity index (χ1) is 6.77. The summed E-state index contributed by atoms with van der Waals surface area (Å²) in [6, 6.07) is 11.6. The quantitative estimate of drug-likeness (QED) is 0.665. The van der Waals surface area contributed by atoms with Crippen LogP contribution in [-0.4, -0.2) is 5.11 Å². The molecule has 74 valence electrons. The van der Waals surface area contributed by atoms with E-state index in [9.17, 15) is 5.11 Å². The number of fused-ring (bicyclic) bond motifs is 1. The zero-order valence-electron chi connectivity index (χ0n) is 8.91. The Morgan fingerprint density at radius 3 is 2.43 bits per heavy atom. The lowest BCUT2D eigenvalue weighted by atomic mass is 10.1. The summed E-state index contributed by atoms with van der Waals surface area (Å²) in [4.78, 5) is 0. The molecule has 0 fully saturated rings. The molecule has 1 N–H and O–H groups in total. The topological polar surface area (TPSA) is 20.2 Å². The summed E-state index contributed by atoms with van der Waals surface area (Å²) in [6.07, 6.45) is 0. The Hall–Kier alpha value is -1.50. The molecule has 0 aliphatic carbocycles. The molecular weight excluding hydrogens is 172 g/mol. The maximum atomic E-state index is 9.46. The van der Waals surface area contributed by atoms with Gasteiger partial charge >= 0.3 is 0 Å². The molecule has 0 aliphatic rings. The first kappa shape index (κ1) is 10.6. The van der Waals surface area contributed by atoms with Crippen LogP contribution in [0.4, 0.5) is 0 Å². The lowest BCUT2D eigenvalue weighted by Crippen LogP contribution is -1.75. The van der Waals surface area contributed by atoms with Gasteiger partial charge in [0, 0.05) is 5.39 Å². The highest BCUT2D eigenvalue weighted by atomic mass is 16.3. The minimum Gasteiger partial charge on any atom is -0.507 e. The van der Waals surface area contributed by atoms with Gasteiger partial charge in [0.05, 0.1) is 0 Å². The van der Waals surface area contributed by atoms with Gasteiger partial charge in [-0.25, -0.2) is 0 Å². The molecular formula is C13H16O. The molecule has 0 heterocycles. The number of phenolic OH excluding ortho intramolecular Hbond substituents is 1. The normalized spacial score (nSPS) is 9.36. The molecule has 0 aromatic heterocycles. The van der Waals surface area contributed by atoms with Gasteiger partial charge in [-0.05, 0) is 18.4 Å². The van der Waals surface area contributed by atoms with E-state index in [1.54, 1.807) is 6.07 Å². The molecule has 0 aliphatic heterocycles. The largest absolute Gasteiger partial charge is 0.507 e. The summed E-state index contributed by atoms with van der Waals surface area (Å²) in [6.45, 7) is 6.05. The smallest absolute Gasteiger partial charge is 0.123 e. The molecule has 0 saturated carbocycles. The Kier molecular flexibility index (Phi) is 3.52. The Morgan fingerprint density at radius 1 is 1.00 bits per heavy atom. The van der Waals surface area contributed by atoms with Crippen LogP contribution in [0.25, 0.3) is 10.8 Å². The van der Waals surface area contributed by atoms with Gasteiger partial charge in [0.2, 0.25) is 0 Å². The van der Waals surface area contributed by atoms with Gasteiger partial charge in [-0.3, -0.25) is 0 Å². The van der Waals surface area contributed by atoms with Crippen LogP contribution in [0.2, 0.25) is 0 Å². The standard InChI is InChI=1S/C11H10O.C2H6/c1-8-5-6-10-9(7-8)3-2-4-11(10)12;1-2/h2-7,12H,1H3;1-2H3. The predicted molar refractivity (Wildman–Crippen MR) is 61.7 cm³/mol. The number of aromatic hydroxyl groups is 1. The second-order valence-electron chi connectivity index (χ2n) is 3.00. The molecule has 1 nitrogen and oxygen atoms in total. The summed E-state index contributed by atoms with van der Waals surface area (Å²) < 4.78 is 0. The zero-order valence-corrected chi connectivity index (χ0v) is 8.91. The third-order valence-electron chi connectivity index (χ3n) is 2.01. The van der Waals surface area contributed by atoms with Crippen molar-refractivity contribution in [1.82, 2.24) is 0 Å². The van der Waals surface area contributed by atoms with Crippen molar-refractivity contribution in [2.24, 2.45) is 0 Å². The van der Waals surface area contributed by atoms with Crippen LogP contribution in [0, 0.1) is 6.92 Å². The second-order valence-corrected chi connectivity index (χ2v) is 3.00. The van der Waals surface area contributed by atoms with Gasteiger partial charge in [-0.1, -0.05) is 49.7 Å². The predicted octanol–water partition coefficient (Wildman–Crippen LogP) is 3.88. The fourth-order valence-electron chi connectivity index (χ4n) is 1.39. The summed E-state index contributed by atoms with van der Waals surface area (Å²) in [5.41, 5.74) is 1.22. The van der Waals surface area contributed by atoms with Gasteiger partial charge in [-0.2, -0.15) is 0 Å². The maximum absolute atomic E-state index is 9.46. The molecule has 2 aromatic rings. The Bertz CT molecular complexity index is 419. The highest BCUT2D eigenvalue weighted by molar-refractivity contribution is 5.88. The Balaban J connectivity index is 0.000000461. The molecule has 0 spiro atoms. The van der Waals surface area contributed by atoms with Crippen molar-refractivity contribution in [2.75, 3.05) is 0 Å². The van der Waals surface area contributed by atoms with E-state index in [4.69, 9.17) is 0 Å². The second kappa shape index (κ2) is 4.66. The van der Waals surface area contributed by atoms with Crippen LogP contribution in [0.5, 0.6) is 5.75 Å². The molecule has 0 atom stereocenters. The molecule has 1 heteroatoms. The molecule has 0 amide bonds. The minimum absolute atomic E-state index is 0.354. The van der Waals surface area contributed by atoms with Gasteiger partial charge in [0.25, 0.3) is 0 Å². The third-order valence-corrected chi connectivity index (χ3v) is 2.01. The van der Waals surface area contributed by atoms with Crippen molar-refractivity contribution in [2.45, 2.75) is 20.8 Å². The lowest BCUT2D eigenvalue weighted by Gasteiger charge is -2.00. The molecule has 0 bridgehead atoms. The number of aryl methyl sites for hydroxylation is 1. The molecule has 0 unspecified atom stereocenters. The Morgan fingerprint density at radius 2 is 1.71 bits per heavy atom. The zero-order chi connectivity index (χ0) is 10.6. The van der Waals surface area contributed by atoms with Gasteiger partial charge in [-0.15, -0.1) is 0 Å². The van der Waals surface area contributed by atoms with Crippen molar-refractivity contribution in [1.29, 1.82) is 0 Å². The average molecular weight is 188 g/mol. The lowest BCUT2D eigenvalue weighted by molar-refractivity contribution is 0.481. The maximum Gasteiger partial charge on any atom is 0.123 e. The first-order valence-electron chi connectivity index (χ1n) is 4.96. The van der Waals surface area contributed by atoms with Crippen molar-refractivity contribution < 1.29 is 5.11 Å². The van der Waals surface area contributed by atoms with E-state index >= 15 is 0 Å². The van der Waals surface area contributed by atoms with Crippen LogP contribution in [0.1, 0.15) is 19.4 Å². The van der Waals surface area contributed by atoms with Crippen LogP contribution in [0.3, 0.4) is 0 Å². The van der Waals surface area contributed by atoms with E-state index in [0.29, 0.717) is 5.75 Å². The van der Waals surface area contributed by atoms with E-state index in [1.807, 2.05) is 45.0 Å². The monoisotopic (exact) mass is 188 g/mol. The highest BCUT2D eigenvalue weighted by Gasteiger charge is 1.96. The van der Waals surface area contributed by atoms with Gasteiger partial charge in [0.1, 0.15) is 5.75 Å². The van der Waals surface area contributed by atoms with Crippen LogP contribution in [0.15, 0.2) is 36.4 Å². The first-order valence-corrected chi connectivity index (χ1v) is 4.96. The van der Waals surface area contributed by atoms with E-state index in [2.05, 4.69) is 6.07 Å². The van der Waals surface area contributed by atoms with Crippen molar-refractivity contribution in [3.05, 3.63) is 42.0 Å². The number of hydrogen-bond donors (Lipinski definition) is 1. The number of phenols is 1. The van der Waals surface area contributed by atoms with E-state index in [-0.39, 0.29) is 0 Å². The van der Waals surface area contributed by atoms with E-state index in [1.165, 1.54) is 5.56 Å². The Labute approximate surface area is 85.0 Å². The van der Waals surface area contributed by atoms with Gasteiger partial charge < -0.3 is 5.11 Å². The molecule has 0 radical (unpaired) electrons. The summed E-state index contributed by atoms with van der Waals surface area (Å²) in [7, 11) is 0. The van der Waals surface area contributed by atoms with Crippen LogP contribution in [-0.2, 0) is 0 Å². The molecule has 2 aromatic carbocycles. The number of rotatable bonds is 0. The molecule has 14 heavy (non-hydrogen) atoms.